The Morgan fingerprint density at radius 2 is 1.84 bits per heavy atom. The minimum atomic E-state index is -0.678. The molecule has 3 atom stereocenters. The Balaban J connectivity index is 1.30. The minimum absolute atomic E-state index is 0.159. The molecule has 0 aliphatic heterocycles. The molecule has 3 nitrogen and oxygen atoms in total. The van der Waals surface area contributed by atoms with Crippen LogP contribution >= 0.6 is 0 Å². The highest BCUT2D eigenvalue weighted by atomic mass is 19.1. The van der Waals surface area contributed by atoms with Gasteiger partial charge in [-0.3, -0.25) is 4.79 Å². The van der Waals surface area contributed by atoms with Crippen molar-refractivity contribution in [2.75, 3.05) is 0 Å². The number of hydrogen-bond acceptors (Lipinski definition) is 2. The lowest BCUT2D eigenvalue weighted by molar-refractivity contribution is -0.149. The van der Waals surface area contributed by atoms with Crippen molar-refractivity contribution in [3.8, 4) is 16.9 Å². The van der Waals surface area contributed by atoms with Gasteiger partial charge in [0.2, 0.25) is 0 Å². The fourth-order valence-electron chi connectivity index (χ4n) is 7.59. The van der Waals surface area contributed by atoms with Crippen molar-refractivity contribution in [1.82, 2.24) is 0 Å². The Kier molecular flexibility index (Phi) is 6.13. The van der Waals surface area contributed by atoms with Crippen LogP contribution < -0.4 is 4.74 Å². The van der Waals surface area contributed by atoms with E-state index in [1.54, 1.807) is 6.07 Å². The van der Waals surface area contributed by atoms with Gasteiger partial charge in [-0.15, -0.1) is 0 Å². The maximum atomic E-state index is 15.0. The third kappa shape index (κ3) is 4.13. The van der Waals surface area contributed by atoms with Crippen LogP contribution in [-0.2, 0) is 23.2 Å². The summed E-state index contributed by atoms with van der Waals surface area (Å²) in [4.78, 5) is 11.8. The zero-order valence-electron chi connectivity index (χ0n) is 22.6. The number of ether oxygens (including phenoxy) is 1. The fraction of sp³-hybridized carbons (Fsp3) is 0.441. The van der Waals surface area contributed by atoms with Crippen LogP contribution in [0.1, 0.15) is 86.1 Å². The number of carbonyl (C=O) groups is 1. The van der Waals surface area contributed by atoms with Gasteiger partial charge in [-0.1, -0.05) is 56.2 Å². The van der Waals surface area contributed by atoms with E-state index in [0.29, 0.717) is 18.1 Å². The number of hydrogen-bond donors (Lipinski definition) is 1. The number of aliphatic carboxylic acids is 1. The van der Waals surface area contributed by atoms with E-state index in [0.717, 1.165) is 54.5 Å². The number of aryl methyl sites for hydroxylation is 2. The number of carboxylic acid groups (broad SMARTS) is 1. The summed E-state index contributed by atoms with van der Waals surface area (Å²) >= 11 is 0. The van der Waals surface area contributed by atoms with Crippen LogP contribution in [0.3, 0.4) is 0 Å². The molecule has 6 rings (SSSR count). The first-order valence-corrected chi connectivity index (χ1v) is 14.1. The van der Waals surface area contributed by atoms with Crippen molar-refractivity contribution < 1.29 is 19.0 Å². The van der Waals surface area contributed by atoms with Crippen LogP contribution in [0, 0.1) is 24.1 Å². The first-order valence-electron chi connectivity index (χ1n) is 14.1. The maximum Gasteiger partial charge on any atom is 0.307 e. The van der Waals surface area contributed by atoms with E-state index < -0.39 is 5.97 Å². The summed E-state index contributed by atoms with van der Waals surface area (Å²) in [5, 5.41) is 9.74. The molecular formula is C34H37FO3. The van der Waals surface area contributed by atoms with Crippen LogP contribution in [0.5, 0.6) is 5.75 Å². The van der Waals surface area contributed by atoms with Gasteiger partial charge in [-0.05, 0) is 109 Å². The topological polar surface area (TPSA) is 46.5 Å². The van der Waals surface area contributed by atoms with Gasteiger partial charge in [-0.25, -0.2) is 4.39 Å². The average molecular weight is 513 g/mol. The Hall–Kier alpha value is -3.14. The molecule has 2 saturated carbocycles. The summed E-state index contributed by atoms with van der Waals surface area (Å²) < 4.78 is 21.3. The van der Waals surface area contributed by atoms with Crippen LogP contribution in [0.4, 0.5) is 4.39 Å². The van der Waals surface area contributed by atoms with Gasteiger partial charge >= 0.3 is 5.97 Å². The highest BCUT2D eigenvalue weighted by molar-refractivity contribution is 5.75. The molecule has 2 fully saturated rings. The Labute approximate surface area is 225 Å². The van der Waals surface area contributed by atoms with Crippen molar-refractivity contribution >= 4 is 5.97 Å². The van der Waals surface area contributed by atoms with Gasteiger partial charge in [-0.2, -0.15) is 0 Å². The predicted octanol–water partition coefficient (Wildman–Crippen LogP) is 8.35. The molecule has 0 amide bonds. The van der Waals surface area contributed by atoms with Gasteiger partial charge in [0, 0.05) is 11.0 Å². The molecule has 198 valence electrons. The highest BCUT2D eigenvalue weighted by Gasteiger charge is 2.54. The van der Waals surface area contributed by atoms with Crippen molar-refractivity contribution in [2.24, 2.45) is 11.3 Å². The molecule has 0 saturated heterocycles. The molecule has 0 bridgehead atoms. The summed E-state index contributed by atoms with van der Waals surface area (Å²) in [6, 6.07) is 17.9. The first-order chi connectivity index (χ1) is 18.2. The largest absolute Gasteiger partial charge is 0.489 e. The van der Waals surface area contributed by atoms with Gasteiger partial charge in [0.1, 0.15) is 18.2 Å². The predicted molar refractivity (Wildman–Crippen MR) is 148 cm³/mol. The van der Waals surface area contributed by atoms with E-state index in [-0.39, 0.29) is 22.6 Å². The molecule has 3 aliphatic carbocycles. The van der Waals surface area contributed by atoms with Gasteiger partial charge in [0.25, 0.3) is 0 Å². The second kappa shape index (κ2) is 9.25. The van der Waals surface area contributed by atoms with Gasteiger partial charge in [0.15, 0.2) is 0 Å². The average Bonchev–Trinajstić information content (AvgIpc) is 3.43. The first kappa shape index (κ1) is 25.2. The smallest absolute Gasteiger partial charge is 0.307 e. The maximum absolute atomic E-state index is 15.0. The van der Waals surface area contributed by atoms with E-state index in [4.69, 9.17) is 4.74 Å². The van der Waals surface area contributed by atoms with E-state index in [2.05, 4.69) is 44.2 Å². The normalized spacial score (nSPS) is 25.3. The summed E-state index contributed by atoms with van der Waals surface area (Å²) in [7, 11) is 0. The SMILES string of the molecule is Cc1ccc(F)c(-c2ccc(COc3ccc4c(c3)[C@@]3(CC4)CC[C@@H]3C(=O)O)cc2[C@@H]2CCCC2(C)C)c1. The quantitative estimate of drug-likeness (QED) is 0.361. The molecule has 3 aliphatic rings. The lowest BCUT2D eigenvalue weighted by Crippen LogP contribution is -2.46. The summed E-state index contributed by atoms with van der Waals surface area (Å²) in [5.74, 6) is 0.00888. The van der Waals surface area contributed by atoms with Crippen molar-refractivity contribution in [1.29, 1.82) is 0 Å². The number of carboxylic acids is 1. The fourth-order valence-corrected chi connectivity index (χ4v) is 7.59. The minimum Gasteiger partial charge on any atom is -0.489 e. The van der Waals surface area contributed by atoms with Crippen molar-refractivity contribution in [3.05, 3.63) is 88.2 Å². The van der Waals surface area contributed by atoms with Gasteiger partial charge < -0.3 is 9.84 Å². The van der Waals surface area contributed by atoms with Crippen LogP contribution in [0.2, 0.25) is 0 Å². The number of benzene rings is 3. The molecule has 3 aromatic carbocycles. The molecule has 4 heteroatoms. The third-order valence-electron chi connectivity index (χ3n) is 9.87. The molecule has 1 spiro atoms. The summed E-state index contributed by atoms with van der Waals surface area (Å²) in [6.07, 6.45) is 7.02. The second-order valence-electron chi connectivity index (χ2n) is 12.5. The van der Waals surface area contributed by atoms with Crippen LogP contribution in [-0.4, -0.2) is 11.1 Å². The number of fused-ring (bicyclic) bond motifs is 2. The molecule has 0 aromatic heterocycles. The van der Waals surface area contributed by atoms with E-state index in [1.165, 1.54) is 29.5 Å². The zero-order valence-corrected chi connectivity index (χ0v) is 22.6. The molecule has 3 aromatic rings. The Bertz CT molecular complexity index is 1410. The lowest BCUT2D eigenvalue weighted by atomic mass is 9.57. The van der Waals surface area contributed by atoms with E-state index in [1.807, 2.05) is 25.1 Å². The summed E-state index contributed by atoms with van der Waals surface area (Å²) in [6.45, 7) is 7.09. The van der Waals surface area contributed by atoms with Crippen LogP contribution in [0.25, 0.3) is 11.1 Å². The van der Waals surface area contributed by atoms with Crippen molar-refractivity contribution in [2.45, 2.75) is 83.7 Å². The molecule has 0 heterocycles. The molecular weight excluding hydrogens is 475 g/mol. The molecule has 1 N–H and O–H groups in total. The highest BCUT2D eigenvalue weighted by Crippen LogP contribution is 2.57. The number of halogens is 1. The molecule has 0 unspecified atom stereocenters. The summed E-state index contributed by atoms with van der Waals surface area (Å²) in [5.41, 5.74) is 7.37. The monoisotopic (exact) mass is 512 g/mol. The van der Waals surface area contributed by atoms with Crippen molar-refractivity contribution in [3.63, 3.8) is 0 Å². The Morgan fingerprint density at radius 1 is 1.00 bits per heavy atom. The lowest BCUT2D eigenvalue weighted by Gasteiger charge is -2.45. The zero-order chi connectivity index (χ0) is 26.7. The third-order valence-corrected chi connectivity index (χ3v) is 9.87. The van der Waals surface area contributed by atoms with E-state index >= 15 is 4.39 Å². The van der Waals surface area contributed by atoms with E-state index in [9.17, 15) is 9.90 Å². The number of rotatable bonds is 6. The second-order valence-corrected chi connectivity index (χ2v) is 12.5. The molecule has 0 radical (unpaired) electrons. The van der Waals surface area contributed by atoms with Crippen LogP contribution in [0.15, 0.2) is 54.6 Å². The Morgan fingerprint density at radius 3 is 2.55 bits per heavy atom. The molecule has 38 heavy (non-hydrogen) atoms. The van der Waals surface area contributed by atoms with Gasteiger partial charge in [0.05, 0.1) is 5.92 Å². The standard InChI is InChI=1S/C34H37FO3/c1-21-6-11-31(35)27(17-21)25-10-7-22(18-26(25)28-5-4-14-33(28,2)3)20-38-24-9-8-23-12-15-34(30(23)19-24)16-13-29(34)32(36)37/h6-11,17-19,28-29H,4-5,12-16,20H2,1-3H3,(H,36,37)/t28-,29+,34-/m0/s1.